The molecule has 0 spiro atoms. The van der Waals surface area contributed by atoms with E-state index in [1.807, 2.05) is 41.3 Å². The second-order valence-corrected chi connectivity index (χ2v) is 8.97. The van der Waals surface area contributed by atoms with Gasteiger partial charge in [0.1, 0.15) is 0 Å². The SMILES string of the molecule is O=C1CN(C(=O)c2ccc(CNC(=O)N3Cc4ccccc4C(c4ccccc4)C3)cc2)CCN1. The Bertz CT molecular complexity index is 1230. The van der Waals surface area contributed by atoms with E-state index in [0.29, 0.717) is 38.3 Å². The first kappa shape index (κ1) is 22.7. The summed E-state index contributed by atoms with van der Waals surface area (Å²) in [5.41, 5.74) is 5.08. The van der Waals surface area contributed by atoms with Gasteiger partial charge >= 0.3 is 6.03 Å². The highest BCUT2D eigenvalue weighted by molar-refractivity contribution is 5.97. The van der Waals surface area contributed by atoms with Gasteiger partial charge in [-0.3, -0.25) is 9.59 Å². The summed E-state index contributed by atoms with van der Waals surface area (Å²) in [6, 6.07) is 25.7. The average molecular weight is 469 g/mol. The molecule has 0 bridgehead atoms. The summed E-state index contributed by atoms with van der Waals surface area (Å²) in [6.45, 7) is 2.62. The predicted octanol–water partition coefficient (Wildman–Crippen LogP) is 3.12. The van der Waals surface area contributed by atoms with E-state index >= 15 is 0 Å². The van der Waals surface area contributed by atoms with Crippen molar-refractivity contribution in [2.75, 3.05) is 26.2 Å². The van der Waals surface area contributed by atoms with Gasteiger partial charge < -0.3 is 20.4 Å². The van der Waals surface area contributed by atoms with Gasteiger partial charge in [-0.25, -0.2) is 4.79 Å². The number of hydrogen-bond donors (Lipinski definition) is 2. The van der Waals surface area contributed by atoms with Crippen LogP contribution >= 0.6 is 0 Å². The maximum atomic E-state index is 13.1. The second-order valence-electron chi connectivity index (χ2n) is 8.97. The molecule has 0 aliphatic carbocycles. The molecule has 7 heteroatoms. The first-order valence-corrected chi connectivity index (χ1v) is 11.9. The number of carbonyl (C=O) groups excluding carboxylic acids is 3. The molecular weight excluding hydrogens is 440 g/mol. The molecule has 7 nitrogen and oxygen atoms in total. The number of nitrogens with one attached hydrogen (secondary N) is 2. The van der Waals surface area contributed by atoms with Crippen LogP contribution in [-0.4, -0.2) is 53.8 Å². The molecule has 4 amide bonds. The number of piperazine rings is 1. The molecule has 2 heterocycles. The zero-order valence-corrected chi connectivity index (χ0v) is 19.4. The lowest BCUT2D eigenvalue weighted by atomic mass is 9.85. The van der Waals surface area contributed by atoms with E-state index in [-0.39, 0.29) is 30.3 Å². The molecule has 5 rings (SSSR count). The smallest absolute Gasteiger partial charge is 0.317 e. The Morgan fingerprint density at radius 3 is 2.40 bits per heavy atom. The zero-order chi connectivity index (χ0) is 24.2. The van der Waals surface area contributed by atoms with Crippen LogP contribution in [0.2, 0.25) is 0 Å². The number of carbonyl (C=O) groups is 3. The predicted molar refractivity (Wildman–Crippen MR) is 133 cm³/mol. The standard InChI is InChI=1S/C28H28N4O3/c33-26-19-31(15-14-29-26)27(34)22-12-10-20(11-13-22)16-30-28(35)32-17-23-8-4-5-9-24(23)25(18-32)21-6-2-1-3-7-21/h1-13,25H,14-19H2,(H,29,33)(H,30,35). The minimum atomic E-state index is -0.158. The van der Waals surface area contributed by atoms with Crippen molar-refractivity contribution in [3.8, 4) is 0 Å². The van der Waals surface area contributed by atoms with Crippen molar-refractivity contribution in [1.82, 2.24) is 20.4 Å². The number of amides is 4. The van der Waals surface area contributed by atoms with E-state index < -0.39 is 0 Å². The monoisotopic (exact) mass is 468 g/mol. The Morgan fingerprint density at radius 1 is 0.886 bits per heavy atom. The highest BCUT2D eigenvalue weighted by atomic mass is 16.2. The number of nitrogens with zero attached hydrogens (tertiary/aromatic N) is 2. The van der Waals surface area contributed by atoms with Gasteiger partial charge in [-0.2, -0.15) is 0 Å². The van der Waals surface area contributed by atoms with Crippen LogP contribution in [0.1, 0.15) is 38.5 Å². The highest BCUT2D eigenvalue weighted by Gasteiger charge is 2.29. The molecule has 1 atom stereocenters. The minimum Gasteiger partial charge on any atom is -0.353 e. The molecule has 2 aliphatic heterocycles. The van der Waals surface area contributed by atoms with Gasteiger partial charge in [0.05, 0.1) is 6.54 Å². The van der Waals surface area contributed by atoms with Crippen LogP contribution in [0.25, 0.3) is 0 Å². The third-order valence-electron chi connectivity index (χ3n) is 6.65. The fourth-order valence-corrected chi connectivity index (χ4v) is 4.78. The second kappa shape index (κ2) is 10.0. The summed E-state index contributed by atoms with van der Waals surface area (Å²) in [7, 11) is 0. The molecule has 3 aromatic carbocycles. The number of rotatable bonds is 4. The fourth-order valence-electron chi connectivity index (χ4n) is 4.78. The quantitative estimate of drug-likeness (QED) is 0.617. The van der Waals surface area contributed by atoms with Crippen LogP contribution in [-0.2, 0) is 17.9 Å². The van der Waals surface area contributed by atoms with Crippen molar-refractivity contribution in [3.63, 3.8) is 0 Å². The van der Waals surface area contributed by atoms with E-state index in [1.165, 1.54) is 11.1 Å². The molecular formula is C28H28N4O3. The Kier molecular flexibility index (Phi) is 6.48. The molecule has 1 fully saturated rings. The van der Waals surface area contributed by atoms with Gasteiger partial charge in [0.2, 0.25) is 5.91 Å². The Labute approximate surface area is 204 Å². The van der Waals surface area contributed by atoms with Crippen LogP contribution in [0, 0.1) is 0 Å². The number of benzene rings is 3. The van der Waals surface area contributed by atoms with Crippen molar-refractivity contribution < 1.29 is 14.4 Å². The van der Waals surface area contributed by atoms with Crippen LogP contribution in [0.3, 0.4) is 0 Å². The van der Waals surface area contributed by atoms with Crippen LogP contribution in [0.15, 0.2) is 78.9 Å². The van der Waals surface area contributed by atoms with Crippen molar-refractivity contribution in [3.05, 3.63) is 107 Å². The summed E-state index contributed by atoms with van der Waals surface area (Å²) >= 11 is 0. The molecule has 0 radical (unpaired) electrons. The summed E-state index contributed by atoms with van der Waals surface area (Å²) in [5, 5.41) is 5.75. The van der Waals surface area contributed by atoms with Crippen LogP contribution in [0.5, 0.6) is 0 Å². The topological polar surface area (TPSA) is 81.8 Å². The molecule has 3 aromatic rings. The van der Waals surface area contributed by atoms with Gasteiger partial charge in [-0.1, -0.05) is 66.7 Å². The molecule has 35 heavy (non-hydrogen) atoms. The van der Waals surface area contributed by atoms with E-state index in [0.717, 1.165) is 11.1 Å². The molecule has 2 N–H and O–H groups in total. The van der Waals surface area contributed by atoms with Gasteiger partial charge in [0.15, 0.2) is 0 Å². The first-order valence-electron chi connectivity index (χ1n) is 11.9. The van der Waals surface area contributed by atoms with E-state index in [1.54, 1.807) is 17.0 Å². The van der Waals surface area contributed by atoms with Crippen molar-refractivity contribution >= 4 is 17.8 Å². The lowest BCUT2D eigenvalue weighted by molar-refractivity contribution is -0.123. The van der Waals surface area contributed by atoms with Crippen LogP contribution < -0.4 is 10.6 Å². The van der Waals surface area contributed by atoms with E-state index in [9.17, 15) is 14.4 Å². The fraction of sp³-hybridized carbons (Fsp3) is 0.250. The highest BCUT2D eigenvalue weighted by Crippen LogP contribution is 2.33. The average Bonchev–Trinajstić information content (AvgIpc) is 2.91. The maximum absolute atomic E-state index is 13.1. The molecule has 0 saturated carbocycles. The molecule has 0 aromatic heterocycles. The third-order valence-corrected chi connectivity index (χ3v) is 6.65. The molecule has 1 saturated heterocycles. The van der Waals surface area contributed by atoms with Crippen molar-refractivity contribution in [2.24, 2.45) is 0 Å². The first-order chi connectivity index (χ1) is 17.1. The Morgan fingerprint density at radius 2 is 1.63 bits per heavy atom. The Balaban J connectivity index is 1.22. The minimum absolute atomic E-state index is 0.0829. The normalized spacial score (nSPS) is 17.4. The summed E-state index contributed by atoms with van der Waals surface area (Å²) in [4.78, 5) is 40.7. The van der Waals surface area contributed by atoms with Gasteiger partial charge in [0, 0.05) is 44.2 Å². The third kappa shape index (κ3) is 5.04. The molecule has 178 valence electrons. The van der Waals surface area contributed by atoms with Gasteiger partial charge in [0.25, 0.3) is 5.91 Å². The summed E-state index contributed by atoms with van der Waals surface area (Å²) < 4.78 is 0. The summed E-state index contributed by atoms with van der Waals surface area (Å²) in [5.74, 6) is -0.165. The van der Waals surface area contributed by atoms with Crippen molar-refractivity contribution in [2.45, 2.75) is 19.0 Å². The van der Waals surface area contributed by atoms with E-state index in [2.05, 4.69) is 41.0 Å². The Hall–Kier alpha value is -4.13. The molecule has 2 aliphatic rings. The van der Waals surface area contributed by atoms with Crippen molar-refractivity contribution in [1.29, 1.82) is 0 Å². The lowest BCUT2D eigenvalue weighted by Gasteiger charge is -2.35. The van der Waals surface area contributed by atoms with E-state index in [4.69, 9.17) is 0 Å². The molecule has 1 unspecified atom stereocenters. The van der Waals surface area contributed by atoms with Gasteiger partial charge in [-0.15, -0.1) is 0 Å². The number of fused-ring (bicyclic) bond motifs is 1. The number of urea groups is 1. The maximum Gasteiger partial charge on any atom is 0.317 e. The van der Waals surface area contributed by atoms with Gasteiger partial charge in [-0.05, 0) is 34.4 Å². The number of hydrogen-bond acceptors (Lipinski definition) is 3. The zero-order valence-electron chi connectivity index (χ0n) is 19.4. The summed E-state index contributed by atoms with van der Waals surface area (Å²) in [6.07, 6.45) is 0. The lowest BCUT2D eigenvalue weighted by Crippen LogP contribution is -2.49. The largest absolute Gasteiger partial charge is 0.353 e. The van der Waals surface area contributed by atoms with Crippen LogP contribution in [0.4, 0.5) is 4.79 Å².